The first kappa shape index (κ1) is 44.9. The van der Waals surface area contributed by atoms with Gasteiger partial charge < -0.3 is 31.3 Å². The van der Waals surface area contributed by atoms with Crippen LogP contribution in [0.5, 0.6) is 0 Å². The van der Waals surface area contributed by atoms with Crippen LogP contribution in [0.4, 0.5) is 4.79 Å². The fourth-order valence-electron chi connectivity index (χ4n) is 6.14. The Morgan fingerprint density at radius 1 is 0.932 bits per heavy atom. The number of hydrazine groups is 1. The van der Waals surface area contributed by atoms with Crippen molar-refractivity contribution in [2.24, 2.45) is 21.2 Å². The molecular formula is C41H52N10O8. The Kier molecular flexibility index (Phi) is 16.9. The van der Waals surface area contributed by atoms with Crippen molar-refractivity contribution in [1.29, 1.82) is 0 Å². The van der Waals surface area contributed by atoms with E-state index in [1.807, 2.05) is 66.7 Å². The number of nitrogens with one attached hydrogen (secondary N) is 5. The molecule has 0 radical (unpaired) electrons. The SMILES string of the molecule is CC(C)(C)C(=O)N[C@@H](CC(=O)OCc1ccccc1)C(=O)N1CCC[C@H]1C(=O)N[C@H](/C=N/NC(=O)NC(c1ccccc1)c1ccccc1)CCCN=C(N)N[N+](=O)[O-]. The number of nitro groups is 1. The van der Waals surface area contributed by atoms with Crippen LogP contribution < -0.4 is 32.5 Å². The summed E-state index contributed by atoms with van der Waals surface area (Å²) in [5.74, 6) is -2.71. The van der Waals surface area contributed by atoms with Crippen LogP contribution in [0.15, 0.2) is 101 Å². The van der Waals surface area contributed by atoms with Gasteiger partial charge in [0, 0.05) is 24.7 Å². The standard InChI is InChI=1S/C41H52N10O8/c1-41(2,3)38(55)46-32(25-34(52)59-27-28-15-7-4-8-16-28)37(54)50-24-14-22-33(50)36(53)45-31(21-13-23-43-39(42)49-51(57)58)26-44-48-40(56)47-35(29-17-9-5-10-18-29)30-19-11-6-12-20-30/h4-12,15-20,26,31-33,35H,13-14,21-25,27H2,1-3H3,(H,45,53)(H,46,55)(H3,42,43,49)(H2,47,48,56)/b44-26+/t31-,32-,33-/m0/s1. The van der Waals surface area contributed by atoms with E-state index in [1.54, 1.807) is 50.5 Å². The van der Waals surface area contributed by atoms with E-state index in [-0.39, 0.29) is 32.5 Å². The molecule has 1 aliphatic heterocycles. The third kappa shape index (κ3) is 14.9. The molecule has 3 atom stereocenters. The lowest BCUT2D eigenvalue weighted by Gasteiger charge is -2.30. The first-order chi connectivity index (χ1) is 28.2. The number of rotatable bonds is 18. The molecule has 0 bridgehead atoms. The Balaban J connectivity index is 1.47. The van der Waals surface area contributed by atoms with Gasteiger partial charge in [-0.1, -0.05) is 117 Å². The van der Waals surface area contributed by atoms with Crippen LogP contribution in [0, 0.1) is 15.5 Å². The van der Waals surface area contributed by atoms with Crippen molar-refractivity contribution in [3.05, 3.63) is 118 Å². The number of carbonyl (C=O) groups excluding carboxylic acids is 5. The summed E-state index contributed by atoms with van der Waals surface area (Å²) in [7, 11) is 0. The maximum atomic E-state index is 14.1. The highest BCUT2D eigenvalue weighted by Gasteiger charge is 2.40. The van der Waals surface area contributed by atoms with Crippen molar-refractivity contribution in [2.75, 3.05) is 13.1 Å². The molecule has 1 saturated heterocycles. The van der Waals surface area contributed by atoms with Gasteiger partial charge in [-0.05, 0) is 42.4 Å². The Hall–Kier alpha value is -6.85. The molecule has 1 heterocycles. The zero-order chi connectivity index (χ0) is 42.8. The van der Waals surface area contributed by atoms with Crippen LogP contribution in [-0.2, 0) is 30.5 Å². The van der Waals surface area contributed by atoms with Crippen LogP contribution in [0.2, 0.25) is 0 Å². The van der Waals surface area contributed by atoms with E-state index < -0.39 is 76.7 Å². The highest BCUT2D eigenvalue weighted by molar-refractivity contribution is 5.96. The normalized spacial score (nSPS) is 15.2. The number of nitrogens with two attached hydrogens (primary N) is 1. The maximum Gasteiger partial charge on any atom is 0.335 e. The van der Waals surface area contributed by atoms with Gasteiger partial charge >= 0.3 is 12.0 Å². The largest absolute Gasteiger partial charge is 0.461 e. The van der Waals surface area contributed by atoms with Crippen molar-refractivity contribution < 1.29 is 33.7 Å². The molecular weight excluding hydrogens is 761 g/mol. The minimum atomic E-state index is -1.30. The summed E-state index contributed by atoms with van der Waals surface area (Å²) >= 11 is 0. The Morgan fingerprint density at radius 3 is 2.14 bits per heavy atom. The smallest absolute Gasteiger partial charge is 0.335 e. The quantitative estimate of drug-likeness (QED) is 0.0273. The molecule has 18 heteroatoms. The molecule has 0 unspecified atom stereocenters. The van der Waals surface area contributed by atoms with E-state index >= 15 is 0 Å². The number of benzene rings is 3. The van der Waals surface area contributed by atoms with E-state index in [2.05, 4.69) is 31.5 Å². The second kappa shape index (κ2) is 22.2. The summed E-state index contributed by atoms with van der Waals surface area (Å²) in [5, 5.41) is 22.5. The monoisotopic (exact) mass is 812 g/mol. The lowest BCUT2D eigenvalue weighted by molar-refractivity contribution is -0.525. The summed E-state index contributed by atoms with van der Waals surface area (Å²) in [5.41, 5.74) is 11.3. The average molecular weight is 813 g/mol. The summed E-state index contributed by atoms with van der Waals surface area (Å²) < 4.78 is 5.42. The number of esters is 1. The second-order valence-electron chi connectivity index (χ2n) is 14.8. The number of guanidine groups is 1. The molecule has 3 aromatic rings. The van der Waals surface area contributed by atoms with Gasteiger partial charge in [-0.15, -0.1) is 0 Å². The van der Waals surface area contributed by atoms with E-state index in [0.29, 0.717) is 12.8 Å². The molecule has 18 nitrogen and oxygen atoms in total. The van der Waals surface area contributed by atoms with Crippen molar-refractivity contribution in [2.45, 2.75) is 83.6 Å². The van der Waals surface area contributed by atoms with E-state index in [0.717, 1.165) is 16.7 Å². The molecule has 1 aliphatic rings. The summed E-state index contributed by atoms with van der Waals surface area (Å²) in [6, 6.07) is 23.6. The first-order valence-electron chi connectivity index (χ1n) is 19.2. The zero-order valence-corrected chi connectivity index (χ0v) is 33.3. The van der Waals surface area contributed by atoms with Crippen molar-refractivity contribution >= 4 is 41.9 Å². The summed E-state index contributed by atoms with van der Waals surface area (Å²) in [6.45, 7) is 5.25. The highest BCUT2D eigenvalue weighted by Crippen LogP contribution is 2.23. The second-order valence-corrected chi connectivity index (χ2v) is 14.8. The lowest BCUT2D eigenvalue weighted by atomic mass is 9.95. The highest BCUT2D eigenvalue weighted by atomic mass is 16.7. The number of hydrogen-bond acceptors (Lipinski definition) is 10. The predicted octanol–water partition coefficient (Wildman–Crippen LogP) is 3.08. The number of nitrogens with zero attached hydrogens (tertiary/aromatic N) is 4. The molecule has 5 amide bonds. The van der Waals surface area contributed by atoms with E-state index in [4.69, 9.17) is 10.5 Å². The minimum absolute atomic E-state index is 0.0210. The summed E-state index contributed by atoms with van der Waals surface area (Å²) in [4.78, 5) is 83.1. The van der Waals surface area contributed by atoms with Gasteiger partial charge in [-0.3, -0.25) is 19.2 Å². The number of aliphatic imine (C=N–C) groups is 1. The van der Waals surface area contributed by atoms with Crippen LogP contribution in [0.3, 0.4) is 0 Å². The van der Waals surface area contributed by atoms with Gasteiger partial charge in [0.25, 0.3) is 5.96 Å². The van der Waals surface area contributed by atoms with Gasteiger partial charge in [-0.2, -0.15) is 5.10 Å². The Morgan fingerprint density at radius 2 is 1.54 bits per heavy atom. The molecule has 314 valence electrons. The van der Waals surface area contributed by atoms with Gasteiger partial charge in [0.05, 0.1) is 18.5 Å². The van der Waals surface area contributed by atoms with Crippen LogP contribution in [0.1, 0.15) is 75.6 Å². The molecule has 3 aromatic carbocycles. The van der Waals surface area contributed by atoms with E-state index in [9.17, 15) is 34.1 Å². The van der Waals surface area contributed by atoms with Gasteiger partial charge in [0.1, 0.15) is 18.7 Å². The topological polar surface area (TPSA) is 252 Å². The number of likely N-dealkylation sites (tertiary alicyclic amines) is 1. The van der Waals surface area contributed by atoms with E-state index in [1.165, 1.54) is 11.1 Å². The van der Waals surface area contributed by atoms with Gasteiger partial charge in [0.2, 0.25) is 17.7 Å². The third-order valence-electron chi connectivity index (χ3n) is 9.19. The molecule has 1 fully saturated rings. The molecule has 7 N–H and O–H groups in total. The fraction of sp³-hybridized carbons (Fsp3) is 0.390. The third-order valence-corrected chi connectivity index (χ3v) is 9.19. The zero-order valence-electron chi connectivity index (χ0n) is 33.3. The number of urea groups is 1. The molecule has 59 heavy (non-hydrogen) atoms. The summed E-state index contributed by atoms with van der Waals surface area (Å²) in [6.07, 6.45) is 2.15. The molecule has 0 aliphatic carbocycles. The number of hydrazone groups is 1. The maximum absolute atomic E-state index is 14.1. The van der Waals surface area contributed by atoms with Gasteiger partial charge in [0.15, 0.2) is 5.03 Å². The van der Waals surface area contributed by atoms with Gasteiger partial charge in [-0.25, -0.2) is 25.3 Å². The van der Waals surface area contributed by atoms with Crippen molar-refractivity contribution in [3.8, 4) is 0 Å². The number of hydrogen-bond donors (Lipinski definition) is 6. The van der Waals surface area contributed by atoms with Crippen molar-refractivity contribution in [3.63, 3.8) is 0 Å². The number of ether oxygens (including phenoxy) is 1. The van der Waals surface area contributed by atoms with Crippen molar-refractivity contribution in [1.82, 2.24) is 31.7 Å². The number of carbonyl (C=O) groups is 5. The molecule has 4 rings (SSSR count). The first-order valence-corrected chi connectivity index (χ1v) is 19.2. The fourth-order valence-corrected chi connectivity index (χ4v) is 6.14. The molecule has 0 aromatic heterocycles. The number of amides is 5. The Bertz CT molecular complexity index is 1900. The minimum Gasteiger partial charge on any atom is -0.461 e. The Labute approximate surface area is 342 Å². The lowest BCUT2D eigenvalue weighted by Crippen LogP contribution is -2.56. The van der Waals surface area contributed by atoms with Crippen LogP contribution in [-0.4, -0.2) is 83.0 Å². The molecule has 0 spiro atoms. The average Bonchev–Trinajstić information content (AvgIpc) is 3.71. The van der Waals surface area contributed by atoms with Crippen LogP contribution in [0.25, 0.3) is 0 Å². The van der Waals surface area contributed by atoms with Crippen LogP contribution >= 0.6 is 0 Å². The molecule has 0 saturated carbocycles. The predicted molar refractivity (Wildman–Crippen MR) is 220 cm³/mol.